The summed E-state index contributed by atoms with van der Waals surface area (Å²) < 4.78 is 10.8. The number of aromatic amines is 1. The van der Waals surface area contributed by atoms with Gasteiger partial charge in [0.25, 0.3) is 0 Å². The molecule has 5 heteroatoms. The first-order valence-corrected chi connectivity index (χ1v) is 10.2. The van der Waals surface area contributed by atoms with E-state index in [-0.39, 0.29) is 17.8 Å². The van der Waals surface area contributed by atoms with E-state index in [1.54, 1.807) is 7.11 Å². The fraction of sp³-hybridized carbons (Fsp3) is 0.591. The Morgan fingerprint density at radius 2 is 2.19 bits per heavy atom. The largest absolute Gasteiger partial charge is 0.497 e. The number of aromatic nitrogens is 1. The van der Waals surface area contributed by atoms with Crippen LogP contribution < -0.4 is 4.74 Å². The number of methoxy groups -OCH3 is 2. The van der Waals surface area contributed by atoms with Gasteiger partial charge in [0, 0.05) is 41.6 Å². The summed E-state index contributed by atoms with van der Waals surface area (Å²) in [5, 5.41) is 1.24. The number of nitrogens with zero attached hydrogens (tertiary/aromatic N) is 1. The van der Waals surface area contributed by atoms with Crippen molar-refractivity contribution in [1.29, 1.82) is 0 Å². The Labute approximate surface area is 160 Å². The zero-order chi connectivity index (χ0) is 18.7. The van der Waals surface area contributed by atoms with Gasteiger partial charge in [-0.05, 0) is 48.4 Å². The van der Waals surface area contributed by atoms with Crippen LogP contribution in [0, 0.1) is 17.8 Å². The number of rotatable bonds is 3. The van der Waals surface area contributed by atoms with Crippen LogP contribution in [0.5, 0.6) is 5.75 Å². The third-order valence-electron chi connectivity index (χ3n) is 7.37. The molecule has 1 N–H and O–H groups in total. The maximum atomic E-state index is 12.9. The lowest BCUT2D eigenvalue weighted by Gasteiger charge is -2.58. The van der Waals surface area contributed by atoms with Gasteiger partial charge in [0.15, 0.2) is 0 Å². The summed E-state index contributed by atoms with van der Waals surface area (Å²) in [5.74, 6) is 2.11. The van der Waals surface area contributed by atoms with E-state index >= 15 is 0 Å². The van der Waals surface area contributed by atoms with Crippen LogP contribution in [-0.4, -0.2) is 49.2 Å². The SMILES string of the molecule is CCC1CC2CN3CCc4c([nH]c5ccc(OC)cc45)C2C(C(=O)OC)C13. The van der Waals surface area contributed by atoms with E-state index in [4.69, 9.17) is 9.47 Å². The molecule has 1 aromatic heterocycles. The minimum absolute atomic E-state index is 0.0399. The molecule has 3 fully saturated rings. The highest BCUT2D eigenvalue weighted by atomic mass is 16.5. The smallest absolute Gasteiger partial charge is 0.310 e. The second kappa shape index (κ2) is 6.26. The summed E-state index contributed by atoms with van der Waals surface area (Å²) >= 11 is 0. The summed E-state index contributed by atoms with van der Waals surface area (Å²) in [6.07, 6.45) is 3.37. The Balaban J connectivity index is 1.70. The van der Waals surface area contributed by atoms with Crippen LogP contribution in [0.3, 0.4) is 0 Å². The molecule has 5 nitrogen and oxygen atoms in total. The first kappa shape index (κ1) is 17.1. The Morgan fingerprint density at radius 3 is 2.93 bits per heavy atom. The maximum absolute atomic E-state index is 12.9. The minimum atomic E-state index is -0.0681. The van der Waals surface area contributed by atoms with E-state index < -0.39 is 0 Å². The minimum Gasteiger partial charge on any atom is -0.497 e. The number of nitrogens with one attached hydrogen (secondary N) is 1. The van der Waals surface area contributed by atoms with Crippen molar-refractivity contribution >= 4 is 16.9 Å². The first-order valence-electron chi connectivity index (χ1n) is 10.2. The number of benzene rings is 1. The van der Waals surface area contributed by atoms with Gasteiger partial charge in [0.1, 0.15) is 5.75 Å². The quantitative estimate of drug-likeness (QED) is 0.845. The molecule has 4 aliphatic heterocycles. The topological polar surface area (TPSA) is 54.6 Å². The van der Waals surface area contributed by atoms with E-state index in [2.05, 4.69) is 28.9 Å². The average Bonchev–Trinajstić information content (AvgIpc) is 3.05. The molecule has 144 valence electrons. The Hall–Kier alpha value is -2.01. The molecule has 7 rings (SSSR count). The van der Waals surface area contributed by atoms with Gasteiger partial charge in [-0.3, -0.25) is 9.69 Å². The standard InChI is InChI=1S/C22H28N2O3/c1-4-12-9-13-11-24-8-7-15-16-10-14(26-2)5-6-17(16)23-20(15)18(13)19(21(12)24)22(25)27-3/h5-6,10,12-13,18-19,21,23H,4,7-9,11H2,1-3H3. The van der Waals surface area contributed by atoms with Crippen molar-refractivity contribution in [2.45, 2.75) is 38.1 Å². The second-order valence-corrected chi connectivity index (χ2v) is 8.40. The Bertz CT molecular complexity index is 889. The number of ether oxygens (including phenoxy) is 2. The van der Waals surface area contributed by atoms with Crippen LogP contribution in [0.4, 0.5) is 0 Å². The molecule has 4 bridgehead atoms. The van der Waals surface area contributed by atoms with Crippen molar-refractivity contribution in [3.63, 3.8) is 0 Å². The number of fused-ring (bicyclic) bond motifs is 3. The molecule has 5 aliphatic rings. The van der Waals surface area contributed by atoms with Crippen molar-refractivity contribution in [3.8, 4) is 5.75 Å². The van der Waals surface area contributed by atoms with E-state index in [1.165, 1.54) is 30.2 Å². The molecular weight excluding hydrogens is 340 g/mol. The third-order valence-corrected chi connectivity index (χ3v) is 7.37. The van der Waals surface area contributed by atoms with Gasteiger partial charge in [0.2, 0.25) is 0 Å². The number of H-pyrrole nitrogens is 1. The van der Waals surface area contributed by atoms with Gasteiger partial charge in [-0.1, -0.05) is 13.3 Å². The van der Waals surface area contributed by atoms with Crippen molar-refractivity contribution in [1.82, 2.24) is 9.88 Å². The van der Waals surface area contributed by atoms with Crippen LogP contribution >= 0.6 is 0 Å². The molecule has 1 aromatic carbocycles. The Kier molecular flexibility index (Phi) is 3.97. The van der Waals surface area contributed by atoms with Crippen LogP contribution in [-0.2, 0) is 16.0 Å². The summed E-state index contributed by atoms with van der Waals surface area (Å²) in [6.45, 7) is 4.38. The monoisotopic (exact) mass is 368 g/mol. The normalized spacial score (nSPS) is 34.2. The highest BCUT2D eigenvalue weighted by molar-refractivity contribution is 5.87. The second-order valence-electron chi connectivity index (χ2n) is 8.40. The number of carbonyl (C=O) groups is 1. The molecular formula is C22H28N2O3. The molecule has 0 radical (unpaired) electrons. The van der Waals surface area contributed by atoms with Crippen LogP contribution in [0.15, 0.2) is 18.2 Å². The van der Waals surface area contributed by atoms with E-state index in [0.717, 1.165) is 37.2 Å². The average molecular weight is 368 g/mol. The van der Waals surface area contributed by atoms with E-state index in [1.807, 2.05) is 6.07 Å². The van der Waals surface area contributed by atoms with Gasteiger partial charge in [-0.15, -0.1) is 0 Å². The first-order chi connectivity index (χ1) is 13.2. The van der Waals surface area contributed by atoms with Crippen molar-refractivity contribution in [2.75, 3.05) is 27.3 Å². The summed E-state index contributed by atoms with van der Waals surface area (Å²) in [4.78, 5) is 19.2. The van der Waals surface area contributed by atoms with Gasteiger partial charge >= 0.3 is 5.97 Å². The zero-order valence-corrected chi connectivity index (χ0v) is 16.3. The summed E-state index contributed by atoms with van der Waals surface area (Å²) in [7, 11) is 3.25. The third kappa shape index (κ3) is 2.37. The van der Waals surface area contributed by atoms with E-state index in [9.17, 15) is 4.79 Å². The lowest BCUT2D eigenvalue weighted by molar-refractivity contribution is -0.160. The molecule has 5 heterocycles. The number of piperidine rings is 2. The molecule has 0 amide bonds. The molecule has 0 spiro atoms. The van der Waals surface area contributed by atoms with Crippen molar-refractivity contribution in [2.24, 2.45) is 17.8 Å². The number of hydrogen-bond donors (Lipinski definition) is 1. The number of hydrogen-bond acceptors (Lipinski definition) is 4. The van der Waals surface area contributed by atoms with Gasteiger partial charge < -0.3 is 14.5 Å². The van der Waals surface area contributed by atoms with Crippen LogP contribution in [0.2, 0.25) is 0 Å². The van der Waals surface area contributed by atoms with E-state index in [0.29, 0.717) is 17.9 Å². The van der Waals surface area contributed by atoms with Gasteiger partial charge in [0.05, 0.1) is 20.1 Å². The van der Waals surface area contributed by atoms with Gasteiger partial charge in [-0.25, -0.2) is 0 Å². The predicted molar refractivity (Wildman–Crippen MR) is 104 cm³/mol. The fourth-order valence-electron chi connectivity index (χ4n) is 6.28. The predicted octanol–water partition coefficient (Wildman–Crippen LogP) is 3.34. The van der Waals surface area contributed by atoms with Crippen molar-refractivity contribution in [3.05, 3.63) is 29.5 Å². The molecule has 27 heavy (non-hydrogen) atoms. The zero-order valence-electron chi connectivity index (χ0n) is 16.3. The lowest BCUT2D eigenvalue weighted by Crippen LogP contribution is -2.63. The Morgan fingerprint density at radius 1 is 1.33 bits per heavy atom. The molecule has 1 saturated carbocycles. The van der Waals surface area contributed by atoms with Gasteiger partial charge in [-0.2, -0.15) is 0 Å². The molecule has 6 atom stereocenters. The highest BCUT2D eigenvalue weighted by Gasteiger charge is 2.56. The lowest BCUT2D eigenvalue weighted by atomic mass is 9.58. The van der Waals surface area contributed by atoms with Crippen molar-refractivity contribution < 1.29 is 14.3 Å². The number of esters is 1. The molecule has 1 aliphatic carbocycles. The number of carbonyl (C=O) groups excluding carboxylic acids is 1. The fourth-order valence-corrected chi connectivity index (χ4v) is 6.28. The molecule has 2 saturated heterocycles. The maximum Gasteiger partial charge on any atom is 0.310 e. The summed E-state index contributed by atoms with van der Waals surface area (Å²) in [5.41, 5.74) is 3.79. The van der Waals surface area contributed by atoms with Crippen LogP contribution in [0.25, 0.3) is 10.9 Å². The van der Waals surface area contributed by atoms with Crippen LogP contribution in [0.1, 0.15) is 36.9 Å². The highest BCUT2D eigenvalue weighted by Crippen LogP contribution is 2.54. The molecule has 2 aromatic rings. The summed E-state index contributed by atoms with van der Waals surface area (Å²) in [6, 6.07) is 6.55. The molecule has 6 unspecified atom stereocenters.